The van der Waals surface area contributed by atoms with Gasteiger partial charge in [-0.1, -0.05) is 63.5 Å². The summed E-state index contributed by atoms with van der Waals surface area (Å²) in [6.45, 7) is 7.77. The number of nitrogens with one attached hydrogen (secondary N) is 1. The molecular formula is C28H52CaN2O8S2. The van der Waals surface area contributed by atoms with Crippen LogP contribution in [0, 0.1) is 0 Å². The van der Waals surface area contributed by atoms with E-state index in [0.717, 1.165) is 51.4 Å². The van der Waals surface area contributed by atoms with Crippen LogP contribution >= 0.6 is 0 Å². The smallest absolute Gasteiger partial charge is 0.862 e. The summed E-state index contributed by atoms with van der Waals surface area (Å²) in [6.07, 6.45) is 20.5. The molecule has 0 radical (unpaired) electrons. The van der Waals surface area contributed by atoms with Crippen molar-refractivity contribution in [3.8, 4) is 0 Å². The molecule has 0 atom stereocenters. The first-order valence-corrected chi connectivity index (χ1v) is 17.7. The Kier molecular flexibility index (Phi) is 33.9. The number of hydrogen-bond donors (Lipinski definition) is 2. The minimum Gasteiger partial charge on any atom is -0.862 e. The quantitative estimate of drug-likeness (QED) is 0.0348. The van der Waals surface area contributed by atoms with Crippen LogP contribution in [0.2, 0.25) is 0 Å². The summed E-state index contributed by atoms with van der Waals surface area (Å²) in [5.74, 6) is -1.00. The van der Waals surface area contributed by atoms with E-state index in [1.807, 2.05) is 12.2 Å². The van der Waals surface area contributed by atoms with Crippen molar-refractivity contribution in [3.63, 3.8) is 0 Å². The average Bonchev–Trinajstić information content (AvgIpc) is 2.87. The first-order chi connectivity index (χ1) is 18.9. The Morgan fingerprint density at radius 3 is 1.66 bits per heavy atom. The van der Waals surface area contributed by atoms with E-state index in [1.54, 1.807) is 0 Å². The Morgan fingerprint density at radius 2 is 1.20 bits per heavy atom. The van der Waals surface area contributed by atoms with Gasteiger partial charge in [-0.25, -0.2) is 8.42 Å². The van der Waals surface area contributed by atoms with E-state index < -0.39 is 26.0 Å². The predicted octanol–water partition coefficient (Wildman–Crippen LogP) is 4.29. The Bertz CT molecular complexity index is 895. The predicted molar refractivity (Wildman–Crippen MR) is 166 cm³/mol. The van der Waals surface area contributed by atoms with Gasteiger partial charge in [-0.15, -0.1) is 13.2 Å². The number of hydrogen-bond acceptors (Lipinski definition) is 8. The van der Waals surface area contributed by atoms with Crippen molar-refractivity contribution in [1.29, 1.82) is 0 Å². The Hall–Kier alpha value is -0.500. The first kappa shape index (κ1) is 44.9. The van der Waals surface area contributed by atoms with Crippen LogP contribution in [0.4, 0.5) is 0 Å². The zero-order valence-electron chi connectivity index (χ0n) is 24.9. The number of nitrogens with zero attached hydrogens (tertiary/aromatic N) is 1. The van der Waals surface area contributed by atoms with Crippen LogP contribution in [0.15, 0.2) is 30.3 Å². The molecule has 0 bridgehead atoms. The van der Waals surface area contributed by atoms with E-state index in [2.05, 4.69) is 23.5 Å². The van der Waals surface area contributed by atoms with Gasteiger partial charge in [-0.05, 0) is 63.7 Å². The van der Waals surface area contributed by atoms with Gasteiger partial charge in [-0.3, -0.25) is 9.35 Å². The number of allylic oxidation sites excluding steroid dienone is 2. The van der Waals surface area contributed by atoms with Gasteiger partial charge in [0, 0.05) is 25.3 Å². The van der Waals surface area contributed by atoms with Crippen molar-refractivity contribution in [2.45, 2.75) is 116 Å². The molecule has 1 amide bonds. The van der Waals surface area contributed by atoms with Gasteiger partial charge in [0.2, 0.25) is 5.91 Å². The van der Waals surface area contributed by atoms with Crippen molar-refractivity contribution in [3.05, 3.63) is 25.3 Å². The third-order valence-corrected chi connectivity index (χ3v) is 7.45. The van der Waals surface area contributed by atoms with Crippen molar-refractivity contribution in [2.24, 2.45) is 4.99 Å². The number of rotatable bonds is 26. The van der Waals surface area contributed by atoms with Gasteiger partial charge in [0.25, 0.3) is 10.1 Å². The van der Waals surface area contributed by atoms with E-state index in [0.29, 0.717) is 19.4 Å². The van der Waals surface area contributed by atoms with Gasteiger partial charge < -0.3 is 20.0 Å². The third-order valence-electron chi connectivity index (χ3n) is 5.85. The molecule has 0 aromatic heterocycles. The van der Waals surface area contributed by atoms with E-state index in [4.69, 9.17) is 4.55 Å². The van der Waals surface area contributed by atoms with Crippen molar-refractivity contribution in [1.82, 2.24) is 5.32 Å². The Balaban J connectivity index is -0.000000688. The number of unbranched alkanes of at least 4 members (excludes halogenated alkanes) is 12. The maximum atomic E-state index is 11.4. The fourth-order valence-corrected chi connectivity index (χ4v) is 4.64. The standard InChI is InChI=1S/2C14H27NO4S.Ca/c2*1-2-3-4-5-6-7-8-9-11-14(16)15-12-10-13-20(17,18)19;/h2*2H,1,3-13H2,(H,15,16)(H,17,18,19);/q;;+2/p-2. The molecular weight excluding hydrogens is 597 g/mol. The molecule has 0 aliphatic rings. The van der Waals surface area contributed by atoms with Gasteiger partial charge in [0.05, 0.1) is 15.9 Å². The van der Waals surface area contributed by atoms with E-state index >= 15 is 0 Å². The van der Waals surface area contributed by atoms with E-state index in [-0.39, 0.29) is 74.7 Å². The maximum absolute atomic E-state index is 11.4. The molecule has 236 valence electrons. The summed E-state index contributed by atoms with van der Waals surface area (Å²) in [7, 11) is -8.10. The van der Waals surface area contributed by atoms with Crippen molar-refractivity contribution >= 4 is 69.8 Å². The van der Waals surface area contributed by atoms with Crippen LogP contribution in [-0.4, -0.2) is 100 Å². The van der Waals surface area contributed by atoms with Crippen LogP contribution in [-0.2, 0) is 25.0 Å². The summed E-state index contributed by atoms with van der Waals surface area (Å²) in [5.41, 5.74) is 0. The zero-order valence-corrected chi connectivity index (χ0v) is 28.7. The van der Waals surface area contributed by atoms with Gasteiger partial charge in [0.1, 0.15) is 0 Å². The molecule has 0 rings (SSSR count). The van der Waals surface area contributed by atoms with Crippen LogP contribution < -0.4 is 10.4 Å². The number of amides is 1. The minimum atomic E-state index is -4.18. The SMILES string of the molecule is C=CCCCCCCCCC(=O)NCCCS(=O)(=O)O.C=CCCCCCCCCC([O-])=NCCCS(=O)(=O)[O-].[Ca+2]. The molecule has 0 heterocycles. The second kappa shape index (κ2) is 30.9. The average molecular weight is 649 g/mol. The minimum absolute atomic E-state index is 0. The molecule has 0 unspecified atom stereocenters. The normalized spacial score (nSPS) is 11.6. The second-order valence-electron chi connectivity index (χ2n) is 9.78. The van der Waals surface area contributed by atoms with Crippen LogP contribution in [0.3, 0.4) is 0 Å². The van der Waals surface area contributed by atoms with E-state index in [1.165, 1.54) is 38.5 Å². The molecule has 13 heteroatoms. The fraction of sp³-hybridized carbons (Fsp3) is 0.786. The first-order valence-electron chi connectivity index (χ1n) is 14.5. The monoisotopic (exact) mass is 648 g/mol. The van der Waals surface area contributed by atoms with Gasteiger partial charge in [-0.2, -0.15) is 8.42 Å². The zero-order chi connectivity index (χ0) is 30.5. The molecule has 0 aliphatic heterocycles. The van der Waals surface area contributed by atoms with E-state index in [9.17, 15) is 31.3 Å². The summed E-state index contributed by atoms with van der Waals surface area (Å²) in [5, 5.41) is 14.0. The summed E-state index contributed by atoms with van der Waals surface area (Å²) >= 11 is 0. The van der Waals surface area contributed by atoms with Crippen LogP contribution in [0.1, 0.15) is 116 Å². The van der Waals surface area contributed by atoms with Crippen LogP contribution in [0.25, 0.3) is 0 Å². The summed E-state index contributed by atoms with van der Waals surface area (Å²) in [4.78, 5) is 15.1. The van der Waals surface area contributed by atoms with Crippen molar-refractivity contribution in [2.75, 3.05) is 24.6 Å². The van der Waals surface area contributed by atoms with Crippen LogP contribution in [0.5, 0.6) is 0 Å². The molecule has 0 fully saturated rings. The number of aliphatic imine (C=N–C) groups is 1. The molecule has 0 saturated carbocycles. The summed E-state index contributed by atoms with van der Waals surface area (Å²) in [6, 6.07) is 0. The van der Waals surface area contributed by atoms with Gasteiger partial charge >= 0.3 is 37.7 Å². The molecule has 0 aromatic carbocycles. The molecule has 2 N–H and O–H groups in total. The Morgan fingerprint density at radius 1 is 0.732 bits per heavy atom. The number of carbonyl (C=O) groups excluding carboxylic acids is 1. The molecule has 10 nitrogen and oxygen atoms in total. The topological polar surface area (TPSA) is 176 Å². The Labute approximate surface area is 279 Å². The largest absolute Gasteiger partial charge is 2.00 e. The molecule has 0 saturated heterocycles. The number of carbonyl (C=O) groups is 1. The molecule has 0 aromatic rings. The third kappa shape index (κ3) is 44.1. The molecule has 0 aliphatic carbocycles. The maximum Gasteiger partial charge on any atom is 2.00 e. The van der Waals surface area contributed by atoms with Gasteiger partial charge in [0.15, 0.2) is 0 Å². The molecule has 0 spiro atoms. The second-order valence-corrected chi connectivity index (χ2v) is 12.9. The molecule has 41 heavy (non-hydrogen) atoms. The summed E-state index contributed by atoms with van der Waals surface area (Å²) < 4.78 is 60.4. The van der Waals surface area contributed by atoms with Crippen molar-refractivity contribution < 1.29 is 35.8 Å². The fourth-order valence-electron chi connectivity index (χ4n) is 3.65.